The fraction of sp³-hybridized carbons (Fsp3) is 0.167. The molecule has 8 heteroatoms. The van der Waals surface area contributed by atoms with Crippen LogP contribution in [0.15, 0.2) is 47.5 Å². The van der Waals surface area contributed by atoms with Crippen LogP contribution in [-0.4, -0.2) is 27.4 Å². The van der Waals surface area contributed by atoms with Gasteiger partial charge < -0.3 is 4.90 Å². The Hall–Kier alpha value is -3.16. The van der Waals surface area contributed by atoms with Crippen molar-refractivity contribution in [3.8, 4) is 0 Å². The monoisotopic (exact) mass is 361 g/mol. The van der Waals surface area contributed by atoms with Crippen LogP contribution in [0.3, 0.4) is 0 Å². The zero-order valence-corrected chi connectivity index (χ0v) is 13.7. The lowest BCUT2D eigenvalue weighted by Gasteiger charge is -2.18. The van der Waals surface area contributed by atoms with Gasteiger partial charge in [0, 0.05) is 25.2 Å². The first-order chi connectivity index (χ1) is 12.3. The number of carbonyl (C=O) groups excluding carboxylic acids is 1. The van der Waals surface area contributed by atoms with Gasteiger partial charge in [-0.2, -0.15) is 0 Å². The predicted molar refractivity (Wildman–Crippen MR) is 88.8 cm³/mol. The molecule has 0 aliphatic rings. The normalized spacial score (nSPS) is 10.9. The summed E-state index contributed by atoms with van der Waals surface area (Å²) in [7, 11) is 1.43. The van der Waals surface area contributed by atoms with E-state index in [1.54, 1.807) is 0 Å². The Morgan fingerprint density at radius 1 is 1.12 bits per heavy atom. The van der Waals surface area contributed by atoms with Gasteiger partial charge >= 0.3 is 0 Å². The van der Waals surface area contributed by atoms with E-state index in [9.17, 15) is 22.8 Å². The Bertz CT molecular complexity index is 1050. The van der Waals surface area contributed by atoms with Crippen molar-refractivity contribution < 1.29 is 18.0 Å². The van der Waals surface area contributed by atoms with Gasteiger partial charge in [-0.3, -0.25) is 14.2 Å². The van der Waals surface area contributed by atoms with E-state index in [4.69, 9.17) is 0 Å². The lowest BCUT2D eigenvalue weighted by atomic mass is 10.2. The highest BCUT2D eigenvalue weighted by molar-refractivity contribution is 5.79. The molecule has 3 aromatic rings. The molecule has 26 heavy (non-hydrogen) atoms. The van der Waals surface area contributed by atoms with E-state index in [1.807, 2.05) is 0 Å². The van der Waals surface area contributed by atoms with Crippen LogP contribution in [0.5, 0.6) is 0 Å². The average molecular weight is 361 g/mol. The van der Waals surface area contributed by atoms with E-state index >= 15 is 0 Å². The minimum absolute atomic E-state index is 0.0625. The highest BCUT2D eigenvalue weighted by atomic mass is 19.1. The van der Waals surface area contributed by atoms with Gasteiger partial charge in [-0.1, -0.05) is 6.07 Å². The van der Waals surface area contributed by atoms with Crippen LogP contribution in [0.4, 0.5) is 13.2 Å². The Labute approximate surface area is 146 Å². The highest BCUT2D eigenvalue weighted by Crippen LogP contribution is 2.12. The number of carbonyl (C=O) groups is 1. The van der Waals surface area contributed by atoms with Crippen molar-refractivity contribution in [1.29, 1.82) is 0 Å². The van der Waals surface area contributed by atoms with Crippen molar-refractivity contribution in [3.05, 3.63) is 76.1 Å². The van der Waals surface area contributed by atoms with Crippen LogP contribution in [0, 0.1) is 17.5 Å². The SMILES string of the molecule is CN(Cc1ccc(F)cc1F)C(=O)Cn1cnc2ccc(F)cc2c1=O. The summed E-state index contributed by atoms with van der Waals surface area (Å²) in [5.74, 6) is -2.52. The summed E-state index contributed by atoms with van der Waals surface area (Å²) in [4.78, 5) is 29.9. The number of aromatic nitrogens is 2. The second kappa shape index (κ2) is 6.99. The standard InChI is InChI=1S/C18H14F3N3O2/c1-23(8-11-2-3-13(20)7-15(11)21)17(25)9-24-10-22-16-5-4-12(19)6-14(16)18(24)26/h2-7,10H,8-9H2,1H3. The van der Waals surface area contributed by atoms with E-state index in [1.165, 1.54) is 36.5 Å². The minimum atomic E-state index is -0.760. The Balaban J connectivity index is 1.80. The van der Waals surface area contributed by atoms with Crippen molar-refractivity contribution in [1.82, 2.24) is 14.5 Å². The molecule has 0 saturated heterocycles. The first-order valence-electron chi connectivity index (χ1n) is 7.68. The first-order valence-corrected chi connectivity index (χ1v) is 7.68. The van der Waals surface area contributed by atoms with Gasteiger partial charge in [-0.15, -0.1) is 0 Å². The third-order valence-electron chi connectivity index (χ3n) is 3.94. The van der Waals surface area contributed by atoms with Crippen LogP contribution >= 0.6 is 0 Å². The molecule has 0 aliphatic carbocycles. The molecule has 134 valence electrons. The smallest absolute Gasteiger partial charge is 0.261 e. The van der Waals surface area contributed by atoms with Crippen LogP contribution in [0.2, 0.25) is 0 Å². The number of hydrogen-bond acceptors (Lipinski definition) is 3. The number of nitrogens with zero attached hydrogens (tertiary/aromatic N) is 3. The zero-order valence-electron chi connectivity index (χ0n) is 13.7. The quantitative estimate of drug-likeness (QED) is 0.717. The molecule has 0 bridgehead atoms. The average Bonchev–Trinajstić information content (AvgIpc) is 2.60. The lowest BCUT2D eigenvalue weighted by molar-refractivity contribution is -0.131. The van der Waals surface area contributed by atoms with Gasteiger partial charge in [0.1, 0.15) is 24.0 Å². The second-order valence-electron chi connectivity index (χ2n) is 5.82. The maximum absolute atomic E-state index is 13.7. The maximum Gasteiger partial charge on any atom is 0.261 e. The minimum Gasteiger partial charge on any atom is -0.340 e. The molecule has 0 radical (unpaired) electrons. The molecule has 0 N–H and O–H groups in total. The Kier molecular flexibility index (Phi) is 4.75. The Morgan fingerprint density at radius 3 is 2.54 bits per heavy atom. The third kappa shape index (κ3) is 3.58. The number of likely N-dealkylation sites (N-methyl/N-ethyl adjacent to an activating group) is 1. The number of rotatable bonds is 4. The van der Waals surface area contributed by atoms with Crippen LogP contribution < -0.4 is 5.56 Å². The van der Waals surface area contributed by atoms with E-state index < -0.39 is 28.9 Å². The van der Waals surface area contributed by atoms with E-state index in [2.05, 4.69) is 4.98 Å². The molecule has 1 heterocycles. The predicted octanol–water partition coefficient (Wildman–Crippen LogP) is 2.47. The van der Waals surface area contributed by atoms with Crippen molar-refractivity contribution in [3.63, 3.8) is 0 Å². The first kappa shape index (κ1) is 17.7. The summed E-state index contributed by atoms with van der Waals surface area (Å²) >= 11 is 0. The molecule has 1 aromatic heterocycles. The van der Waals surface area contributed by atoms with Crippen molar-refractivity contribution in [2.75, 3.05) is 7.05 Å². The molecule has 0 fully saturated rings. The number of benzene rings is 2. The number of hydrogen-bond donors (Lipinski definition) is 0. The van der Waals surface area contributed by atoms with Crippen molar-refractivity contribution in [2.45, 2.75) is 13.1 Å². The van der Waals surface area contributed by atoms with Gasteiger partial charge in [0.15, 0.2) is 0 Å². The maximum atomic E-state index is 13.7. The molecule has 0 spiro atoms. The van der Waals surface area contributed by atoms with Crippen LogP contribution in [0.1, 0.15) is 5.56 Å². The molecule has 0 saturated carbocycles. The molecule has 0 unspecified atom stereocenters. The molecule has 1 amide bonds. The lowest BCUT2D eigenvalue weighted by Crippen LogP contribution is -2.34. The topological polar surface area (TPSA) is 55.2 Å². The van der Waals surface area contributed by atoms with Crippen molar-refractivity contribution in [2.24, 2.45) is 0 Å². The van der Waals surface area contributed by atoms with Gasteiger partial charge in [-0.05, 0) is 24.3 Å². The Morgan fingerprint density at radius 2 is 1.81 bits per heavy atom. The fourth-order valence-corrected chi connectivity index (χ4v) is 2.50. The number of fused-ring (bicyclic) bond motifs is 1. The van der Waals surface area contributed by atoms with E-state index in [0.717, 1.165) is 22.8 Å². The summed E-state index contributed by atoms with van der Waals surface area (Å²) < 4.78 is 41.0. The van der Waals surface area contributed by atoms with E-state index in [0.29, 0.717) is 5.52 Å². The molecule has 0 aliphatic heterocycles. The molecule has 0 atom stereocenters. The molecular formula is C18H14F3N3O2. The highest BCUT2D eigenvalue weighted by Gasteiger charge is 2.15. The summed E-state index contributed by atoms with van der Waals surface area (Å²) in [5.41, 5.74) is -0.0839. The van der Waals surface area contributed by atoms with Crippen molar-refractivity contribution >= 4 is 16.8 Å². The summed E-state index contributed by atoms with van der Waals surface area (Å²) in [6, 6.07) is 6.71. The van der Waals surface area contributed by atoms with Crippen LogP contribution in [-0.2, 0) is 17.9 Å². The number of amides is 1. The van der Waals surface area contributed by atoms with Gasteiger partial charge in [0.25, 0.3) is 5.56 Å². The van der Waals surface area contributed by atoms with Gasteiger partial charge in [0.2, 0.25) is 5.91 Å². The van der Waals surface area contributed by atoms with E-state index in [-0.39, 0.29) is 24.0 Å². The molecule has 3 rings (SSSR count). The zero-order chi connectivity index (χ0) is 18.8. The van der Waals surface area contributed by atoms with Crippen LogP contribution in [0.25, 0.3) is 10.9 Å². The largest absolute Gasteiger partial charge is 0.340 e. The third-order valence-corrected chi connectivity index (χ3v) is 3.94. The molecular weight excluding hydrogens is 347 g/mol. The summed E-state index contributed by atoms with van der Waals surface area (Å²) in [6.45, 7) is -0.424. The number of halogens is 3. The van der Waals surface area contributed by atoms with Gasteiger partial charge in [0.05, 0.1) is 17.2 Å². The summed E-state index contributed by atoms with van der Waals surface area (Å²) in [6.07, 6.45) is 1.20. The fourth-order valence-electron chi connectivity index (χ4n) is 2.50. The summed E-state index contributed by atoms with van der Waals surface area (Å²) in [5, 5.41) is 0.0625. The molecule has 5 nitrogen and oxygen atoms in total. The molecule has 2 aromatic carbocycles. The second-order valence-corrected chi connectivity index (χ2v) is 5.82. The van der Waals surface area contributed by atoms with Gasteiger partial charge in [-0.25, -0.2) is 18.2 Å².